The average molecular weight is 567 g/mol. The minimum Gasteiger partial charge on any atom is -0.405 e. The Morgan fingerprint density at radius 2 is 1.73 bits per heavy atom. The summed E-state index contributed by atoms with van der Waals surface area (Å²) < 4.78 is 65.1. The molecule has 216 valence electrons. The van der Waals surface area contributed by atoms with E-state index in [4.69, 9.17) is 11.5 Å². The van der Waals surface area contributed by atoms with Crippen molar-refractivity contribution in [3.05, 3.63) is 54.1 Å². The van der Waals surface area contributed by atoms with Crippen molar-refractivity contribution in [2.75, 3.05) is 5.73 Å². The predicted octanol–water partition coefficient (Wildman–Crippen LogP) is 4.45. The Hall–Kier alpha value is -3.90. The van der Waals surface area contributed by atoms with E-state index < -0.39 is 40.7 Å². The van der Waals surface area contributed by atoms with Crippen molar-refractivity contribution in [3.63, 3.8) is 0 Å². The van der Waals surface area contributed by atoms with Crippen LogP contribution in [0.4, 0.5) is 27.8 Å². The molecule has 0 spiro atoms. The van der Waals surface area contributed by atoms with Crippen molar-refractivity contribution >= 4 is 23.7 Å². The lowest BCUT2D eigenvalue weighted by Crippen LogP contribution is -2.45. The molecule has 0 aliphatic heterocycles. The molecule has 0 radical (unpaired) electrons. The number of hydrogen-bond donors (Lipinski definition) is 3. The van der Waals surface area contributed by atoms with E-state index >= 15 is 0 Å². The van der Waals surface area contributed by atoms with Crippen molar-refractivity contribution in [2.45, 2.75) is 57.8 Å². The number of nitrogens with one attached hydrogen (secondary N) is 1. The lowest BCUT2D eigenvalue weighted by molar-refractivity contribution is -0.139. The summed E-state index contributed by atoms with van der Waals surface area (Å²) in [4.78, 5) is 34.5. The van der Waals surface area contributed by atoms with E-state index in [0.29, 0.717) is 24.0 Å². The second-order valence-corrected chi connectivity index (χ2v) is 9.97. The first-order valence-electron chi connectivity index (χ1n) is 12.7. The number of rotatable bonds is 9. The van der Waals surface area contributed by atoms with Crippen molar-refractivity contribution in [1.82, 2.24) is 15.3 Å². The second kappa shape index (κ2) is 13.0. The fraction of sp³-hybridized carbons (Fsp3) is 0.444. The SMILES string of the molecule is CC(C)N=C(/C=C\N)C(=O)N[C@H](C=O)C(C1CC1)C1CC1.Nc1ccc(-c2cncc(F)c2C(F)(F)F)c(F)n1. The van der Waals surface area contributed by atoms with Gasteiger partial charge in [0.25, 0.3) is 5.91 Å². The van der Waals surface area contributed by atoms with Crippen LogP contribution in [-0.2, 0) is 15.8 Å². The highest BCUT2D eigenvalue weighted by Crippen LogP contribution is 2.50. The molecule has 2 saturated carbocycles. The summed E-state index contributed by atoms with van der Waals surface area (Å²) >= 11 is 0. The number of aliphatic imine (C=N–C) groups is 1. The van der Waals surface area contributed by atoms with Crippen LogP contribution in [0, 0.1) is 29.5 Å². The minimum absolute atomic E-state index is 0.000655. The molecule has 2 aromatic rings. The van der Waals surface area contributed by atoms with Crippen molar-refractivity contribution < 1.29 is 31.5 Å². The van der Waals surface area contributed by atoms with E-state index in [9.17, 15) is 31.5 Å². The van der Waals surface area contributed by atoms with E-state index in [0.717, 1.165) is 24.6 Å². The maximum atomic E-state index is 13.5. The summed E-state index contributed by atoms with van der Waals surface area (Å²) in [5.74, 6) is -1.81. The number of carbonyl (C=O) groups is 2. The van der Waals surface area contributed by atoms with Crippen LogP contribution in [0.2, 0.25) is 0 Å². The molecule has 2 aromatic heterocycles. The summed E-state index contributed by atoms with van der Waals surface area (Å²) in [5, 5.41) is 2.86. The van der Waals surface area contributed by atoms with Gasteiger partial charge in [-0.1, -0.05) is 0 Å². The number of halogens is 5. The largest absolute Gasteiger partial charge is 0.419 e. The second-order valence-electron chi connectivity index (χ2n) is 9.97. The van der Waals surface area contributed by atoms with E-state index in [1.54, 1.807) is 0 Å². The molecule has 2 fully saturated rings. The Morgan fingerprint density at radius 3 is 2.20 bits per heavy atom. The normalized spacial score (nSPS) is 16.6. The van der Waals surface area contributed by atoms with Gasteiger partial charge in [0.1, 0.15) is 23.4 Å². The highest BCUT2D eigenvalue weighted by Gasteiger charge is 2.46. The lowest BCUT2D eigenvalue weighted by Gasteiger charge is -2.23. The molecule has 2 aliphatic carbocycles. The van der Waals surface area contributed by atoms with Gasteiger partial charge in [0.2, 0.25) is 5.95 Å². The minimum atomic E-state index is -4.98. The first kappa shape index (κ1) is 30.6. The number of pyridine rings is 2. The number of nitrogens with zero attached hydrogens (tertiary/aromatic N) is 3. The summed E-state index contributed by atoms with van der Waals surface area (Å²) in [6.07, 6.45) is 4.55. The molecule has 0 unspecified atom stereocenters. The smallest absolute Gasteiger partial charge is 0.405 e. The third kappa shape index (κ3) is 8.06. The van der Waals surface area contributed by atoms with Gasteiger partial charge in [-0.05, 0) is 81.7 Å². The summed E-state index contributed by atoms with van der Waals surface area (Å²) in [6.45, 7) is 3.79. The number of nitrogens with two attached hydrogens (primary N) is 2. The summed E-state index contributed by atoms with van der Waals surface area (Å²) in [5.41, 5.74) is 8.02. The van der Waals surface area contributed by atoms with Crippen molar-refractivity contribution in [3.8, 4) is 11.1 Å². The number of nitrogen functional groups attached to an aromatic ring is 1. The lowest BCUT2D eigenvalue weighted by atomic mass is 9.90. The summed E-state index contributed by atoms with van der Waals surface area (Å²) in [7, 11) is 0. The monoisotopic (exact) mass is 566 g/mol. The maximum Gasteiger partial charge on any atom is 0.419 e. The fourth-order valence-electron chi connectivity index (χ4n) is 4.50. The number of anilines is 1. The molecule has 2 aliphatic rings. The predicted molar refractivity (Wildman–Crippen MR) is 140 cm³/mol. The molecule has 4 rings (SSSR count). The molecule has 5 N–H and O–H groups in total. The van der Waals surface area contributed by atoms with Gasteiger partial charge in [-0.15, -0.1) is 0 Å². The van der Waals surface area contributed by atoms with Crippen LogP contribution >= 0.6 is 0 Å². The Bertz CT molecular complexity index is 1260. The topological polar surface area (TPSA) is 136 Å². The Balaban J connectivity index is 0.000000222. The molecule has 1 amide bonds. The first-order valence-corrected chi connectivity index (χ1v) is 12.7. The standard InChI is InChI=1S/C16H25N3O2.C11H6F5N3/c1-10(2)18-13(7-8-17)16(21)19-14(9-20)15(11-3-4-11)12-5-6-12;12-7-4-18-3-6(9(7)11(14,15)16)5-1-2-8(17)19-10(5)13/h7-12,14-15H,3-6,17H2,1-2H3,(H,19,21);1-4H,(H2,17,19)/b8-7-,18-13?;/t14-;/m1./s1. The quantitative estimate of drug-likeness (QED) is 0.178. The average Bonchev–Trinajstić information content (AvgIpc) is 3.78. The third-order valence-corrected chi connectivity index (χ3v) is 6.42. The Kier molecular flexibility index (Phi) is 9.93. The summed E-state index contributed by atoms with van der Waals surface area (Å²) in [6, 6.07) is 1.70. The van der Waals surface area contributed by atoms with Gasteiger partial charge in [0.15, 0.2) is 5.82 Å². The number of aldehydes is 1. The molecule has 0 bridgehead atoms. The van der Waals surface area contributed by atoms with E-state index in [1.807, 2.05) is 13.8 Å². The van der Waals surface area contributed by atoms with Gasteiger partial charge >= 0.3 is 6.18 Å². The number of hydrogen-bond acceptors (Lipinski definition) is 7. The maximum absolute atomic E-state index is 13.5. The number of aromatic nitrogens is 2. The molecular formula is C27H31F5N6O2. The van der Waals surface area contributed by atoms with Crippen LogP contribution in [0.25, 0.3) is 11.1 Å². The van der Waals surface area contributed by atoms with E-state index in [-0.39, 0.29) is 23.5 Å². The molecule has 8 nitrogen and oxygen atoms in total. The first-order chi connectivity index (χ1) is 18.9. The van der Waals surface area contributed by atoms with E-state index in [2.05, 4.69) is 20.3 Å². The molecule has 0 aromatic carbocycles. The van der Waals surface area contributed by atoms with Gasteiger partial charge in [-0.2, -0.15) is 17.6 Å². The van der Waals surface area contributed by atoms with Crippen LogP contribution in [0.3, 0.4) is 0 Å². The third-order valence-electron chi connectivity index (χ3n) is 6.42. The molecular weight excluding hydrogens is 535 g/mol. The highest BCUT2D eigenvalue weighted by atomic mass is 19.4. The number of alkyl halides is 3. The number of carbonyl (C=O) groups excluding carboxylic acids is 2. The van der Waals surface area contributed by atoms with Crippen molar-refractivity contribution in [1.29, 1.82) is 0 Å². The molecule has 0 saturated heterocycles. The Labute approximate surface area is 228 Å². The molecule has 2 heterocycles. The van der Waals surface area contributed by atoms with Crippen LogP contribution in [-0.4, -0.2) is 40.0 Å². The van der Waals surface area contributed by atoms with Gasteiger partial charge in [0, 0.05) is 23.4 Å². The zero-order valence-electron chi connectivity index (χ0n) is 22.0. The fourth-order valence-corrected chi connectivity index (χ4v) is 4.50. The van der Waals surface area contributed by atoms with Crippen LogP contribution in [0.1, 0.15) is 45.1 Å². The number of amides is 1. The van der Waals surface area contributed by atoms with E-state index in [1.165, 1.54) is 38.0 Å². The Morgan fingerprint density at radius 1 is 1.10 bits per heavy atom. The molecule has 13 heteroatoms. The zero-order chi connectivity index (χ0) is 29.6. The van der Waals surface area contributed by atoms with Gasteiger partial charge in [-0.3, -0.25) is 14.8 Å². The molecule has 40 heavy (non-hydrogen) atoms. The highest BCUT2D eigenvalue weighted by molar-refractivity contribution is 6.43. The van der Waals surface area contributed by atoms with Gasteiger partial charge < -0.3 is 21.6 Å². The van der Waals surface area contributed by atoms with Crippen molar-refractivity contribution in [2.24, 2.45) is 28.5 Å². The molecule has 1 atom stereocenters. The van der Waals surface area contributed by atoms with Crippen LogP contribution < -0.4 is 16.8 Å². The zero-order valence-corrected chi connectivity index (χ0v) is 22.0. The van der Waals surface area contributed by atoms with Crippen LogP contribution in [0.15, 0.2) is 41.8 Å². The van der Waals surface area contributed by atoms with Gasteiger partial charge in [0.05, 0.1) is 12.2 Å². The van der Waals surface area contributed by atoms with Gasteiger partial charge in [-0.25, -0.2) is 9.37 Å². The van der Waals surface area contributed by atoms with Crippen LogP contribution in [0.5, 0.6) is 0 Å².